The molecule has 1 saturated carbocycles. The zero-order chi connectivity index (χ0) is 21.3. The van der Waals surface area contributed by atoms with Crippen molar-refractivity contribution in [2.75, 3.05) is 11.9 Å². The van der Waals surface area contributed by atoms with E-state index in [1.165, 1.54) is 25.3 Å². The minimum Gasteiger partial charge on any atom is -0.490 e. The molecule has 31 heavy (non-hydrogen) atoms. The Morgan fingerprint density at radius 3 is 2.55 bits per heavy atom. The molecule has 1 aliphatic carbocycles. The van der Waals surface area contributed by atoms with Crippen molar-refractivity contribution in [1.82, 2.24) is 0 Å². The van der Waals surface area contributed by atoms with Crippen LogP contribution in [0.3, 0.4) is 0 Å². The molecule has 1 aliphatic rings. The van der Waals surface area contributed by atoms with Gasteiger partial charge in [-0.1, -0.05) is 25.1 Å². The van der Waals surface area contributed by atoms with Gasteiger partial charge in [-0.3, -0.25) is 4.79 Å². The third-order valence-corrected chi connectivity index (χ3v) is 5.33. The zero-order valence-electron chi connectivity index (χ0n) is 18.2. The number of halogens is 1. The number of hydrogen-bond donors (Lipinski definition) is 2. The molecular formula is C24H32ClN3O3. The third kappa shape index (κ3) is 7.47. The van der Waals surface area contributed by atoms with Gasteiger partial charge in [0.15, 0.2) is 0 Å². The maximum absolute atomic E-state index is 11.5. The second-order valence-corrected chi connectivity index (χ2v) is 7.69. The Balaban J connectivity index is 0.00000341. The van der Waals surface area contributed by atoms with Gasteiger partial charge in [-0.15, -0.1) is 12.4 Å². The smallest absolute Gasteiger partial charge is 0.302 e. The van der Waals surface area contributed by atoms with Crippen LogP contribution in [0, 0.1) is 0 Å². The van der Waals surface area contributed by atoms with Crippen LogP contribution in [-0.2, 0) is 16.0 Å². The molecule has 0 aromatic heterocycles. The number of carbonyl (C=O) groups excluding carboxylic acids is 1. The molecule has 6 nitrogen and oxygen atoms in total. The van der Waals surface area contributed by atoms with Crippen molar-refractivity contribution in [2.24, 2.45) is 10.9 Å². The lowest BCUT2D eigenvalue weighted by atomic mass is 10.0. The molecular weight excluding hydrogens is 414 g/mol. The van der Waals surface area contributed by atoms with Crippen molar-refractivity contribution in [3.63, 3.8) is 0 Å². The average Bonchev–Trinajstić information content (AvgIpc) is 3.25. The molecule has 2 aromatic rings. The van der Waals surface area contributed by atoms with E-state index in [0.717, 1.165) is 41.8 Å². The quantitative estimate of drug-likeness (QED) is 0.245. The number of aryl methyl sites for hydroxylation is 1. The molecule has 1 fully saturated rings. The summed E-state index contributed by atoms with van der Waals surface area (Å²) in [4.78, 5) is 11.5. The van der Waals surface area contributed by atoms with Crippen LogP contribution >= 0.6 is 12.4 Å². The van der Waals surface area contributed by atoms with Crippen LogP contribution in [0.4, 0.5) is 5.69 Å². The Labute approximate surface area is 190 Å². The summed E-state index contributed by atoms with van der Waals surface area (Å²) in [7, 11) is 0. The van der Waals surface area contributed by atoms with Crippen LogP contribution in [0.25, 0.3) is 0 Å². The Bertz CT molecular complexity index is 865. The van der Waals surface area contributed by atoms with E-state index in [-0.39, 0.29) is 31.0 Å². The van der Waals surface area contributed by atoms with Gasteiger partial charge < -0.3 is 20.6 Å². The summed E-state index contributed by atoms with van der Waals surface area (Å²) in [5.74, 6) is 5.81. The highest BCUT2D eigenvalue weighted by Crippen LogP contribution is 2.29. The van der Waals surface area contributed by atoms with E-state index < -0.39 is 0 Å². The summed E-state index contributed by atoms with van der Waals surface area (Å²) in [6, 6.07) is 13.9. The first-order chi connectivity index (χ1) is 14.6. The first kappa shape index (κ1) is 24.5. The molecule has 0 radical (unpaired) electrons. The fourth-order valence-electron chi connectivity index (χ4n) is 3.73. The summed E-state index contributed by atoms with van der Waals surface area (Å²) in [6.45, 7) is 3.79. The van der Waals surface area contributed by atoms with Crippen LogP contribution in [0.2, 0.25) is 0 Å². The molecule has 3 rings (SSSR count). The first-order valence-electron chi connectivity index (χ1n) is 10.6. The number of nitrogens with one attached hydrogen (secondary N) is 1. The molecule has 0 heterocycles. The fraction of sp³-hybridized carbons (Fsp3) is 0.417. The topological polar surface area (TPSA) is 85.9 Å². The second-order valence-electron chi connectivity index (χ2n) is 7.69. The molecule has 0 aliphatic heterocycles. The maximum atomic E-state index is 11.5. The van der Waals surface area contributed by atoms with Gasteiger partial charge in [0.1, 0.15) is 12.4 Å². The maximum Gasteiger partial charge on any atom is 0.302 e. The van der Waals surface area contributed by atoms with Crippen molar-refractivity contribution >= 4 is 30.3 Å². The van der Waals surface area contributed by atoms with Crippen molar-refractivity contribution in [2.45, 2.75) is 58.1 Å². The summed E-state index contributed by atoms with van der Waals surface area (Å²) >= 11 is 0. The number of esters is 1. The number of anilines is 1. The molecule has 3 N–H and O–H groups in total. The fourth-order valence-corrected chi connectivity index (χ4v) is 3.73. The molecule has 0 bridgehead atoms. The second kappa shape index (κ2) is 12.2. The Morgan fingerprint density at radius 2 is 1.94 bits per heavy atom. The monoisotopic (exact) mass is 445 g/mol. The number of hydrazone groups is 1. The minimum absolute atomic E-state index is 0. The molecule has 168 valence electrons. The molecule has 0 saturated heterocycles. The number of hydrogen-bond acceptors (Lipinski definition) is 6. The minimum atomic E-state index is -0.301. The number of benzene rings is 2. The van der Waals surface area contributed by atoms with E-state index in [1.807, 2.05) is 24.3 Å². The van der Waals surface area contributed by atoms with Crippen molar-refractivity contribution < 1.29 is 14.3 Å². The summed E-state index contributed by atoms with van der Waals surface area (Å²) in [5.41, 5.74) is 4.07. The van der Waals surface area contributed by atoms with E-state index in [0.29, 0.717) is 6.10 Å². The van der Waals surface area contributed by atoms with Crippen LogP contribution in [0.5, 0.6) is 5.75 Å². The molecule has 1 atom stereocenters. The molecule has 1 unspecified atom stereocenters. The highest BCUT2D eigenvalue weighted by atomic mass is 35.5. The Hall–Kier alpha value is -2.73. The number of ether oxygens (including phenoxy) is 2. The van der Waals surface area contributed by atoms with Gasteiger partial charge in [-0.05, 0) is 73.1 Å². The van der Waals surface area contributed by atoms with Crippen molar-refractivity contribution in [3.8, 4) is 5.75 Å². The molecule has 0 amide bonds. The van der Waals surface area contributed by atoms with Gasteiger partial charge in [0.25, 0.3) is 0 Å². The summed E-state index contributed by atoms with van der Waals surface area (Å²) in [5, 5.41) is 7.03. The van der Waals surface area contributed by atoms with E-state index in [2.05, 4.69) is 35.5 Å². The number of nitrogens with two attached hydrogens (primary N) is 1. The van der Waals surface area contributed by atoms with Crippen LogP contribution in [0.1, 0.15) is 62.3 Å². The molecule has 2 aromatic carbocycles. The first-order valence-corrected chi connectivity index (χ1v) is 10.6. The number of rotatable bonds is 9. The summed E-state index contributed by atoms with van der Waals surface area (Å²) in [6.07, 6.45) is 7.47. The lowest BCUT2D eigenvalue weighted by Gasteiger charge is -2.22. The predicted molar refractivity (Wildman–Crippen MR) is 127 cm³/mol. The van der Waals surface area contributed by atoms with E-state index in [1.54, 1.807) is 6.21 Å². The van der Waals surface area contributed by atoms with Crippen LogP contribution < -0.4 is 15.9 Å². The third-order valence-electron chi connectivity index (χ3n) is 5.33. The summed E-state index contributed by atoms with van der Waals surface area (Å²) < 4.78 is 11.6. The standard InChI is InChI=1S/C24H31N3O3.ClH/c1-3-18-12-20(14-23(13-18)30-22-6-4-5-7-22)24(16-29-17(2)28)27-21-10-8-19(9-11-21)15-26-25;/h8-15,22,24,27H,3-7,16,25H2,1-2H3;1H. The van der Waals surface area contributed by atoms with Crippen LogP contribution in [-0.4, -0.2) is 24.9 Å². The van der Waals surface area contributed by atoms with Gasteiger partial charge in [0, 0.05) is 12.6 Å². The van der Waals surface area contributed by atoms with Gasteiger partial charge in [-0.2, -0.15) is 5.10 Å². The number of nitrogens with zero attached hydrogens (tertiary/aromatic N) is 1. The SMILES string of the molecule is CCc1cc(OC2CCCC2)cc(C(COC(C)=O)Nc2ccc(C=NN)cc2)c1.Cl. The van der Waals surface area contributed by atoms with E-state index >= 15 is 0 Å². The van der Waals surface area contributed by atoms with Crippen molar-refractivity contribution in [3.05, 3.63) is 59.2 Å². The molecule has 0 spiro atoms. The van der Waals surface area contributed by atoms with E-state index in [4.69, 9.17) is 15.3 Å². The lowest BCUT2D eigenvalue weighted by Crippen LogP contribution is -2.19. The Kier molecular flexibility index (Phi) is 9.66. The largest absolute Gasteiger partial charge is 0.490 e. The highest BCUT2D eigenvalue weighted by molar-refractivity contribution is 5.85. The zero-order valence-corrected chi connectivity index (χ0v) is 19.0. The highest BCUT2D eigenvalue weighted by Gasteiger charge is 2.19. The lowest BCUT2D eigenvalue weighted by molar-refractivity contribution is -0.141. The van der Waals surface area contributed by atoms with Crippen LogP contribution in [0.15, 0.2) is 47.6 Å². The van der Waals surface area contributed by atoms with E-state index in [9.17, 15) is 4.79 Å². The Morgan fingerprint density at radius 1 is 1.23 bits per heavy atom. The molecule has 7 heteroatoms. The van der Waals surface area contributed by atoms with Gasteiger partial charge >= 0.3 is 5.97 Å². The van der Waals surface area contributed by atoms with Gasteiger partial charge in [0.2, 0.25) is 0 Å². The van der Waals surface area contributed by atoms with Gasteiger partial charge in [0.05, 0.1) is 18.4 Å². The number of carbonyl (C=O) groups is 1. The normalized spacial score (nSPS) is 14.8. The van der Waals surface area contributed by atoms with Gasteiger partial charge in [-0.25, -0.2) is 0 Å². The predicted octanol–water partition coefficient (Wildman–Crippen LogP) is 5.00. The average molecular weight is 446 g/mol. The van der Waals surface area contributed by atoms with Crippen molar-refractivity contribution in [1.29, 1.82) is 0 Å².